The Morgan fingerprint density at radius 3 is 2.65 bits per heavy atom. The van der Waals surface area contributed by atoms with Crippen molar-refractivity contribution in [1.29, 1.82) is 0 Å². The van der Waals surface area contributed by atoms with Crippen molar-refractivity contribution >= 4 is 0 Å². The molecule has 1 heterocycles. The van der Waals surface area contributed by atoms with Crippen molar-refractivity contribution < 1.29 is 0 Å². The second-order valence-electron chi connectivity index (χ2n) is 4.13. The van der Waals surface area contributed by atoms with Crippen LogP contribution in [0.25, 0.3) is 0 Å². The lowest BCUT2D eigenvalue weighted by molar-refractivity contribution is 0.605. The molecule has 0 aliphatic carbocycles. The first-order valence-electron chi connectivity index (χ1n) is 5.84. The van der Waals surface area contributed by atoms with E-state index >= 15 is 0 Å². The van der Waals surface area contributed by atoms with E-state index in [1.54, 1.807) is 4.57 Å². The molecule has 0 aliphatic heterocycles. The van der Waals surface area contributed by atoms with Gasteiger partial charge in [0.2, 0.25) is 0 Å². The Balaban J connectivity index is 1.93. The molecule has 2 aromatic rings. The maximum atomic E-state index is 11.5. The van der Waals surface area contributed by atoms with Gasteiger partial charge in [-0.1, -0.05) is 30.3 Å². The summed E-state index contributed by atoms with van der Waals surface area (Å²) >= 11 is 0. The predicted molar refractivity (Wildman–Crippen MR) is 68.0 cm³/mol. The molecule has 2 rings (SSSR count). The molecular weight excluding hydrogens is 212 g/mol. The van der Waals surface area contributed by atoms with Crippen LogP contribution in [0, 0.1) is 6.92 Å². The van der Waals surface area contributed by atoms with Crippen LogP contribution in [0.1, 0.15) is 17.7 Å². The SMILES string of the molecule is Cc1ccn(CCCc2ccccc2)c(=O)n1. The number of benzene rings is 1. The van der Waals surface area contributed by atoms with Gasteiger partial charge in [-0.25, -0.2) is 4.79 Å². The Morgan fingerprint density at radius 1 is 1.18 bits per heavy atom. The van der Waals surface area contributed by atoms with Crippen LogP contribution in [-0.4, -0.2) is 9.55 Å². The van der Waals surface area contributed by atoms with Gasteiger partial charge in [0.1, 0.15) is 0 Å². The van der Waals surface area contributed by atoms with Crippen molar-refractivity contribution in [1.82, 2.24) is 9.55 Å². The first-order valence-corrected chi connectivity index (χ1v) is 5.84. The van der Waals surface area contributed by atoms with Crippen LogP contribution >= 0.6 is 0 Å². The molecule has 0 radical (unpaired) electrons. The van der Waals surface area contributed by atoms with Crippen molar-refractivity contribution in [2.45, 2.75) is 26.3 Å². The van der Waals surface area contributed by atoms with Crippen LogP contribution in [0.2, 0.25) is 0 Å². The van der Waals surface area contributed by atoms with Crippen LogP contribution < -0.4 is 5.69 Å². The van der Waals surface area contributed by atoms with Crippen LogP contribution in [-0.2, 0) is 13.0 Å². The van der Waals surface area contributed by atoms with E-state index in [4.69, 9.17) is 0 Å². The van der Waals surface area contributed by atoms with Gasteiger partial charge in [-0.15, -0.1) is 0 Å². The molecule has 1 aromatic carbocycles. The van der Waals surface area contributed by atoms with Crippen molar-refractivity contribution in [3.8, 4) is 0 Å². The van der Waals surface area contributed by atoms with E-state index in [-0.39, 0.29) is 5.69 Å². The number of aromatic nitrogens is 2. The van der Waals surface area contributed by atoms with Gasteiger partial charge in [0.25, 0.3) is 0 Å². The summed E-state index contributed by atoms with van der Waals surface area (Å²) in [4.78, 5) is 15.4. The van der Waals surface area contributed by atoms with Gasteiger partial charge in [0.15, 0.2) is 0 Å². The topological polar surface area (TPSA) is 34.9 Å². The Labute approximate surface area is 101 Å². The second-order valence-corrected chi connectivity index (χ2v) is 4.13. The minimum atomic E-state index is -0.155. The zero-order valence-corrected chi connectivity index (χ0v) is 9.97. The smallest absolute Gasteiger partial charge is 0.299 e. The fourth-order valence-electron chi connectivity index (χ4n) is 1.78. The standard InChI is InChI=1S/C14H16N2O/c1-12-9-11-16(14(17)15-12)10-5-8-13-6-3-2-4-7-13/h2-4,6-7,9,11H,5,8,10H2,1H3. The molecule has 1 aromatic heterocycles. The van der Waals surface area contributed by atoms with Crippen molar-refractivity contribution in [2.24, 2.45) is 0 Å². The van der Waals surface area contributed by atoms with Crippen molar-refractivity contribution in [3.63, 3.8) is 0 Å². The Hall–Kier alpha value is -1.90. The zero-order chi connectivity index (χ0) is 12.1. The molecule has 3 heteroatoms. The maximum absolute atomic E-state index is 11.5. The Kier molecular flexibility index (Phi) is 3.70. The summed E-state index contributed by atoms with van der Waals surface area (Å²) in [5, 5.41) is 0. The van der Waals surface area contributed by atoms with Crippen LogP contribution in [0.3, 0.4) is 0 Å². The monoisotopic (exact) mass is 228 g/mol. The first-order chi connectivity index (χ1) is 8.25. The Morgan fingerprint density at radius 2 is 1.94 bits per heavy atom. The third-order valence-electron chi connectivity index (χ3n) is 2.72. The Bertz CT molecular complexity index is 531. The lowest BCUT2D eigenvalue weighted by Gasteiger charge is -2.05. The van der Waals surface area contributed by atoms with Crippen molar-refractivity contribution in [2.75, 3.05) is 0 Å². The van der Waals surface area contributed by atoms with Crippen molar-refractivity contribution in [3.05, 3.63) is 64.3 Å². The van der Waals surface area contributed by atoms with E-state index in [1.807, 2.05) is 37.4 Å². The van der Waals surface area contributed by atoms with E-state index in [0.717, 1.165) is 25.1 Å². The molecule has 0 amide bonds. The third-order valence-corrected chi connectivity index (χ3v) is 2.72. The van der Waals surface area contributed by atoms with Gasteiger partial charge < -0.3 is 0 Å². The summed E-state index contributed by atoms with van der Waals surface area (Å²) in [6.45, 7) is 2.55. The highest BCUT2D eigenvalue weighted by Crippen LogP contribution is 2.03. The minimum Gasteiger partial charge on any atom is -0.299 e. The van der Waals surface area contributed by atoms with Gasteiger partial charge in [-0.2, -0.15) is 4.98 Å². The van der Waals surface area contributed by atoms with E-state index < -0.39 is 0 Å². The molecule has 0 fully saturated rings. The largest absolute Gasteiger partial charge is 0.347 e. The van der Waals surface area contributed by atoms with E-state index in [0.29, 0.717) is 0 Å². The summed E-state index contributed by atoms with van der Waals surface area (Å²) < 4.78 is 1.66. The molecule has 17 heavy (non-hydrogen) atoms. The summed E-state index contributed by atoms with van der Waals surface area (Å²) in [5.41, 5.74) is 1.92. The van der Waals surface area contributed by atoms with Crippen LogP contribution in [0.15, 0.2) is 47.4 Å². The van der Waals surface area contributed by atoms with Crippen LogP contribution in [0.4, 0.5) is 0 Å². The van der Waals surface area contributed by atoms with Crippen LogP contribution in [0.5, 0.6) is 0 Å². The average Bonchev–Trinajstić information content (AvgIpc) is 2.33. The molecule has 0 aliphatic rings. The fourth-order valence-corrected chi connectivity index (χ4v) is 1.78. The lowest BCUT2D eigenvalue weighted by atomic mass is 10.1. The first kappa shape index (κ1) is 11.6. The molecular formula is C14H16N2O. The fraction of sp³-hybridized carbons (Fsp3) is 0.286. The van der Waals surface area contributed by atoms with Gasteiger partial charge in [0.05, 0.1) is 0 Å². The number of hydrogen-bond acceptors (Lipinski definition) is 2. The zero-order valence-electron chi connectivity index (χ0n) is 9.97. The number of rotatable bonds is 4. The lowest BCUT2D eigenvalue weighted by Crippen LogP contribution is -2.23. The normalized spacial score (nSPS) is 10.4. The number of nitrogens with zero attached hydrogens (tertiary/aromatic N) is 2. The molecule has 0 unspecified atom stereocenters. The quantitative estimate of drug-likeness (QED) is 0.804. The highest BCUT2D eigenvalue weighted by Gasteiger charge is 1.97. The molecule has 0 N–H and O–H groups in total. The van der Waals surface area contributed by atoms with E-state index in [1.165, 1.54) is 5.56 Å². The summed E-state index contributed by atoms with van der Waals surface area (Å²) in [6.07, 6.45) is 3.76. The minimum absolute atomic E-state index is 0.155. The van der Waals surface area contributed by atoms with Gasteiger partial charge >= 0.3 is 5.69 Å². The summed E-state index contributed by atoms with van der Waals surface area (Å²) in [7, 11) is 0. The highest BCUT2D eigenvalue weighted by atomic mass is 16.1. The van der Waals surface area contributed by atoms with Gasteiger partial charge in [0, 0.05) is 18.4 Å². The summed E-state index contributed by atoms with van der Waals surface area (Å²) in [5.74, 6) is 0. The molecule has 3 nitrogen and oxygen atoms in total. The molecule has 0 saturated carbocycles. The number of hydrogen-bond donors (Lipinski definition) is 0. The predicted octanol–water partition coefficient (Wildman–Crippen LogP) is 2.18. The highest BCUT2D eigenvalue weighted by molar-refractivity contribution is 5.14. The second kappa shape index (κ2) is 5.43. The summed E-state index contributed by atoms with van der Waals surface area (Å²) in [6, 6.07) is 12.2. The molecule has 0 saturated heterocycles. The average molecular weight is 228 g/mol. The molecule has 0 atom stereocenters. The third kappa shape index (κ3) is 3.28. The van der Waals surface area contributed by atoms with E-state index in [2.05, 4.69) is 17.1 Å². The molecule has 88 valence electrons. The number of aryl methyl sites for hydroxylation is 3. The van der Waals surface area contributed by atoms with Gasteiger partial charge in [-0.3, -0.25) is 4.57 Å². The molecule has 0 spiro atoms. The van der Waals surface area contributed by atoms with Gasteiger partial charge in [-0.05, 0) is 31.4 Å². The molecule has 0 bridgehead atoms. The maximum Gasteiger partial charge on any atom is 0.347 e. The van der Waals surface area contributed by atoms with E-state index in [9.17, 15) is 4.79 Å².